The molecule has 0 radical (unpaired) electrons. The molecule has 46 heavy (non-hydrogen) atoms. The molecule has 1 aromatic rings. The van der Waals surface area contributed by atoms with E-state index in [2.05, 4.69) is 25.7 Å². The van der Waals surface area contributed by atoms with Gasteiger partial charge in [0.25, 0.3) is 0 Å². The molecule has 3 aliphatic rings. The summed E-state index contributed by atoms with van der Waals surface area (Å²) in [4.78, 5) is 15.4. The Morgan fingerprint density at radius 2 is 1.48 bits per heavy atom. The molecule has 4 nitrogen and oxygen atoms in total. The van der Waals surface area contributed by atoms with Crippen LogP contribution in [0.1, 0.15) is 173 Å². The number of unbranched alkanes of at least 4 members (excludes halogenated alkanes) is 13. The number of rotatable bonds is 21. The Hall–Kier alpha value is -1.62. The Morgan fingerprint density at radius 1 is 0.870 bits per heavy atom. The largest absolute Gasteiger partial charge is 0.508 e. The van der Waals surface area contributed by atoms with E-state index in [1.807, 2.05) is 12.1 Å². The van der Waals surface area contributed by atoms with Crippen LogP contribution in [0, 0.1) is 23.2 Å². The van der Waals surface area contributed by atoms with Crippen molar-refractivity contribution in [2.24, 2.45) is 23.2 Å². The monoisotopic (exact) mass is 642 g/mol. The number of benzene rings is 1. The van der Waals surface area contributed by atoms with Crippen LogP contribution in [-0.2, 0) is 11.2 Å². The molecule has 1 aromatic carbocycles. The maximum absolute atomic E-state index is 16.1. The molecule has 262 valence electrons. The number of phenols is 1. The minimum absolute atomic E-state index is 0.130. The van der Waals surface area contributed by atoms with Gasteiger partial charge in [-0.15, -0.1) is 0 Å². The molecule has 0 heterocycles. The summed E-state index contributed by atoms with van der Waals surface area (Å²) in [5, 5.41) is 21.2. The highest BCUT2D eigenvalue weighted by atomic mass is 19.1. The van der Waals surface area contributed by atoms with E-state index in [4.69, 9.17) is 0 Å². The normalized spacial score (nSPS) is 28.5. The number of aromatic hydroxyl groups is 1. The van der Waals surface area contributed by atoms with Crippen LogP contribution in [0.25, 0.3) is 0 Å². The summed E-state index contributed by atoms with van der Waals surface area (Å²) in [6.45, 7) is 8.39. The van der Waals surface area contributed by atoms with Crippen molar-refractivity contribution in [3.63, 3.8) is 0 Å². The second-order valence-electron chi connectivity index (χ2n) is 15.7. The fraction of sp³-hybridized carbons (Fsp3) is 0.829. The summed E-state index contributed by atoms with van der Waals surface area (Å²) in [5.74, 6) is 1.45. The van der Waals surface area contributed by atoms with Gasteiger partial charge in [0, 0.05) is 25.4 Å². The molecule has 2 fully saturated rings. The fourth-order valence-electron chi connectivity index (χ4n) is 9.75. The van der Waals surface area contributed by atoms with Crippen molar-refractivity contribution in [2.75, 3.05) is 13.1 Å². The molecule has 6 unspecified atom stereocenters. The predicted octanol–water partition coefficient (Wildman–Crippen LogP) is 10.7. The molecule has 0 saturated heterocycles. The summed E-state index contributed by atoms with van der Waals surface area (Å²) in [7, 11) is 0. The number of hydrogen-bond donors (Lipinski definition) is 2. The summed E-state index contributed by atoms with van der Waals surface area (Å²) < 4.78 is 16.1. The fourth-order valence-corrected chi connectivity index (χ4v) is 9.75. The molecule has 1 amide bonds. The molecule has 0 aliphatic heterocycles. The first-order chi connectivity index (χ1) is 22.3. The van der Waals surface area contributed by atoms with E-state index in [1.165, 1.54) is 70.6 Å². The number of fused-ring (bicyclic) bond motifs is 5. The van der Waals surface area contributed by atoms with Gasteiger partial charge in [0.15, 0.2) is 0 Å². The van der Waals surface area contributed by atoms with Crippen LogP contribution < -0.4 is 0 Å². The molecule has 0 spiro atoms. The molecular weight excluding hydrogens is 573 g/mol. The number of phenolic OH excluding ortho intramolecular Hbond substituents is 1. The van der Waals surface area contributed by atoms with Crippen LogP contribution in [-0.4, -0.2) is 46.4 Å². The highest BCUT2D eigenvalue weighted by Gasteiger charge is 2.59. The van der Waals surface area contributed by atoms with Gasteiger partial charge < -0.3 is 15.1 Å². The second-order valence-corrected chi connectivity index (χ2v) is 15.7. The van der Waals surface area contributed by atoms with Gasteiger partial charge in [0.2, 0.25) is 5.91 Å². The molecule has 3 aliphatic carbocycles. The lowest BCUT2D eigenvalue weighted by Gasteiger charge is -2.54. The van der Waals surface area contributed by atoms with Crippen molar-refractivity contribution in [3.05, 3.63) is 29.3 Å². The summed E-state index contributed by atoms with van der Waals surface area (Å²) in [6.07, 6.45) is 22.9. The molecule has 0 aromatic heterocycles. The first-order valence-corrected chi connectivity index (χ1v) is 19.7. The van der Waals surface area contributed by atoms with Gasteiger partial charge in [-0.05, 0) is 97.8 Å². The van der Waals surface area contributed by atoms with Crippen molar-refractivity contribution < 1.29 is 19.4 Å². The van der Waals surface area contributed by atoms with Gasteiger partial charge in [-0.1, -0.05) is 110 Å². The average molecular weight is 642 g/mol. The maximum atomic E-state index is 16.1. The van der Waals surface area contributed by atoms with E-state index in [0.29, 0.717) is 30.6 Å². The van der Waals surface area contributed by atoms with Crippen molar-refractivity contribution in [1.29, 1.82) is 0 Å². The molecule has 4 rings (SSSR count). The van der Waals surface area contributed by atoms with Crippen LogP contribution in [0.5, 0.6) is 5.75 Å². The molecule has 0 bridgehead atoms. The van der Waals surface area contributed by atoms with Crippen LogP contribution in [0.3, 0.4) is 0 Å². The third kappa shape index (κ3) is 9.73. The zero-order valence-corrected chi connectivity index (χ0v) is 29.8. The number of amides is 1. The lowest BCUT2D eigenvalue weighted by atomic mass is 9.51. The van der Waals surface area contributed by atoms with Gasteiger partial charge >= 0.3 is 0 Å². The third-order valence-corrected chi connectivity index (χ3v) is 12.4. The number of halogens is 1. The topological polar surface area (TPSA) is 60.8 Å². The third-order valence-electron chi connectivity index (χ3n) is 12.4. The van der Waals surface area contributed by atoms with Crippen LogP contribution in [0.15, 0.2) is 18.2 Å². The zero-order valence-electron chi connectivity index (χ0n) is 29.8. The Bertz CT molecular complexity index is 1050. The van der Waals surface area contributed by atoms with Crippen LogP contribution in [0.2, 0.25) is 0 Å². The van der Waals surface area contributed by atoms with Crippen LogP contribution in [0.4, 0.5) is 4.39 Å². The highest BCUT2D eigenvalue weighted by molar-refractivity contribution is 5.76. The number of aliphatic hydroxyl groups excluding tert-OH is 1. The van der Waals surface area contributed by atoms with E-state index in [-0.39, 0.29) is 23.0 Å². The molecule has 2 saturated carbocycles. The Morgan fingerprint density at radius 3 is 2.15 bits per heavy atom. The Labute approximate surface area is 281 Å². The Kier molecular flexibility index (Phi) is 15.2. The number of alkyl halides is 1. The smallest absolute Gasteiger partial charge is 0.222 e. The molecular formula is C41H68FNO3. The first-order valence-electron chi connectivity index (χ1n) is 19.7. The zero-order chi connectivity index (χ0) is 32.9. The Balaban J connectivity index is 1.27. The summed E-state index contributed by atoms with van der Waals surface area (Å²) in [6, 6.07) is 5.57. The van der Waals surface area contributed by atoms with E-state index < -0.39 is 12.3 Å². The quantitative estimate of drug-likeness (QED) is 0.131. The molecule has 2 N–H and O–H groups in total. The number of hydrogen-bond acceptors (Lipinski definition) is 3. The van der Waals surface area contributed by atoms with Gasteiger partial charge in [0.05, 0.1) is 6.10 Å². The highest BCUT2D eigenvalue weighted by Crippen LogP contribution is 2.63. The van der Waals surface area contributed by atoms with Crippen molar-refractivity contribution in [3.8, 4) is 5.75 Å². The second kappa shape index (κ2) is 18.8. The number of carbonyl (C=O) groups is 1. The lowest BCUT2D eigenvalue weighted by Crippen LogP contribution is -2.51. The summed E-state index contributed by atoms with van der Waals surface area (Å²) in [5.41, 5.74) is 1.89. The SMILES string of the molecule is CCCCCCCCCCCC(=O)N(CCCCCC)CCCCCC1Cc2cc(O)ccc2C2C(F)C[C@]3(C)C(O)CCC3C12. The van der Waals surface area contributed by atoms with E-state index in [0.717, 1.165) is 82.0 Å². The molecule has 7 atom stereocenters. The van der Waals surface area contributed by atoms with Crippen molar-refractivity contribution in [1.82, 2.24) is 4.90 Å². The number of aliphatic hydroxyl groups is 1. The van der Waals surface area contributed by atoms with Gasteiger partial charge in [-0.25, -0.2) is 4.39 Å². The van der Waals surface area contributed by atoms with E-state index >= 15 is 4.39 Å². The van der Waals surface area contributed by atoms with E-state index in [1.54, 1.807) is 6.07 Å². The van der Waals surface area contributed by atoms with Crippen molar-refractivity contribution >= 4 is 5.91 Å². The number of nitrogens with zero attached hydrogens (tertiary/aromatic N) is 1. The van der Waals surface area contributed by atoms with Gasteiger partial charge in [0.1, 0.15) is 11.9 Å². The standard InChI is InChI=1S/C41H68FNO3/c1-4-6-8-10-11-12-13-14-17-21-38(46)43(26-18-9-7-5-2)27-19-15-16-20-31-28-32-29-33(44)22-23-34(32)40-36(42)30-41(3)35(39(31)40)24-25-37(41)45/h22-23,29,31,35-37,39-40,44-45H,4-21,24-28,30H2,1-3H3/t31?,35?,36?,37?,39?,40?,41-/m0/s1. The summed E-state index contributed by atoms with van der Waals surface area (Å²) >= 11 is 0. The predicted molar refractivity (Wildman–Crippen MR) is 189 cm³/mol. The molecule has 5 heteroatoms. The minimum Gasteiger partial charge on any atom is -0.508 e. The minimum atomic E-state index is -0.955. The first kappa shape index (κ1) is 37.2. The van der Waals surface area contributed by atoms with Gasteiger partial charge in [-0.3, -0.25) is 4.79 Å². The maximum Gasteiger partial charge on any atom is 0.222 e. The lowest BCUT2D eigenvalue weighted by molar-refractivity contribution is -0.131. The average Bonchev–Trinajstić information content (AvgIpc) is 3.33. The number of carbonyl (C=O) groups excluding carboxylic acids is 1. The van der Waals surface area contributed by atoms with E-state index in [9.17, 15) is 15.0 Å². The van der Waals surface area contributed by atoms with Crippen molar-refractivity contribution in [2.45, 2.75) is 180 Å². The van der Waals surface area contributed by atoms with Crippen LogP contribution >= 0.6 is 0 Å². The van der Waals surface area contributed by atoms with Gasteiger partial charge in [-0.2, -0.15) is 0 Å².